The number of hydrogen-bond donors (Lipinski definition) is 1. The number of aromatic nitrogens is 3. The van der Waals surface area contributed by atoms with Gasteiger partial charge >= 0.3 is 0 Å². The molecule has 4 nitrogen and oxygen atoms in total. The van der Waals surface area contributed by atoms with E-state index in [1.54, 1.807) is 6.07 Å². The lowest BCUT2D eigenvalue weighted by molar-refractivity contribution is 0.566. The molecule has 2 heterocycles. The van der Waals surface area contributed by atoms with Crippen LogP contribution in [0.4, 0.5) is 0 Å². The van der Waals surface area contributed by atoms with Gasteiger partial charge in [-0.05, 0) is 22.9 Å². The second kappa shape index (κ2) is 3.45. The lowest BCUT2D eigenvalue weighted by atomic mass is 9.92. The van der Waals surface area contributed by atoms with Gasteiger partial charge in [-0.15, -0.1) is 0 Å². The molecule has 0 unspecified atom stereocenters. The Kier molecular flexibility index (Phi) is 2.45. The second-order valence-corrected chi connectivity index (χ2v) is 5.73. The fourth-order valence-electron chi connectivity index (χ4n) is 1.51. The SMILES string of the molecule is Cc1[nH]n2c(=O)cc(C(C)(C)C)nc2c1Br. The maximum atomic E-state index is 11.9. The van der Waals surface area contributed by atoms with E-state index < -0.39 is 0 Å². The molecule has 86 valence electrons. The number of nitrogens with zero attached hydrogens (tertiary/aromatic N) is 2. The molecule has 0 saturated heterocycles. The van der Waals surface area contributed by atoms with Crippen molar-refractivity contribution >= 4 is 21.6 Å². The number of halogens is 1. The molecular formula is C11H14BrN3O. The number of hydrogen-bond acceptors (Lipinski definition) is 2. The van der Waals surface area contributed by atoms with E-state index in [0.717, 1.165) is 15.9 Å². The number of rotatable bonds is 0. The summed E-state index contributed by atoms with van der Waals surface area (Å²) < 4.78 is 2.30. The zero-order valence-corrected chi connectivity index (χ0v) is 11.3. The van der Waals surface area contributed by atoms with Gasteiger partial charge in [0.25, 0.3) is 5.56 Å². The van der Waals surface area contributed by atoms with E-state index in [-0.39, 0.29) is 11.0 Å². The van der Waals surface area contributed by atoms with Crippen LogP contribution in [0.1, 0.15) is 32.2 Å². The van der Waals surface area contributed by atoms with Gasteiger partial charge in [0.1, 0.15) is 0 Å². The molecule has 1 N–H and O–H groups in total. The molecule has 0 aliphatic heterocycles. The van der Waals surface area contributed by atoms with Crippen LogP contribution < -0.4 is 5.56 Å². The average Bonchev–Trinajstić information content (AvgIpc) is 2.44. The predicted octanol–water partition coefficient (Wildman–Crippen LogP) is 2.39. The molecule has 0 amide bonds. The summed E-state index contributed by atoms with van der Waals surface area (Å²) in [6, 6.07) is 1.58. The summed E-state index contributed by atoms with van der Waals surface area (Å²) in [5.74, 6) is 0. The first kappa shape index (κ1) is 11.4. The fourth-order valence-corrected chi connectivity index (χ4v) is 1.86. The van der Waals surface area contributed by atoms with E-state index in [9.17, 15) is 4.79 Å². The number of aromatic amines is 1. The first-order valence-electron chi connectivity index (χ1n) is 5.09. The Labute approximate surface area is 102 Å². The first-order valence-corrected chi connectivity index (χ1v) is 5.88. The van der Waals surface area contributed by atoms with Crippen LogP contribution in [-0.4, -0.2) is 14.6 Å². The molecule has 0 aromatic carbocycles. The Morgan fingerprint density at radius 3 is 2.62 bits per heavy atom. The molecule has 0 aliphatic carbocycles. The van der Waals surface area contributed by atoms with Gasteiger partial charge in [0.05, 0.1) is 10.2 Å². The summed E-state index contributed by atoms with van der Waals surface area (Å²) in [6.07, 6.45) is 0. The van der Waals surface area contributed by atoms with Crippen LogP contribution in [0, 0.1) is 6.92 Å². The molecule has 5 heteroatoms. The number of aryl methyl sites for hydroxylation is 1. The van der Waals surface area contributed by atoms with E-state index in [1.807, 2.05) is 27.7 Å². The molecular weight excluding hydrogens is 270 g/mol. The molecule has 2 aromatic rings. The molecule has 0 saturated carbocycles. The van der Waals surface area contributed by atoms with Crippen molar-refractivity contribution in [2.75, 3.05) is 0 Å². The lowest BCUT2D eigenvalue weighted by Gasteiger charge is -2.16. The van der Waals surface area contributed by atoms with Crippen LogP contribution in [0.3, 0.4) is 0 Å². The third-order valence-corrected chi connectivity index (χ3v) is 3.44. The van der Waals surface area contributed by atoms with E-state index in [4.69, 9.17) is 0 Å². The molecule has 0 aliphatic rings. The van der Waals surface area contributed by atoms with E-state index in [2.05, 4.69) is 26.0 Å². The largest absolute Gasteiger partial charge is 0.293 e. The standard InChI is InChI=1S/C11H14BrN3O/c1-6-9(12)10-13-7(11(2,3)4)5-8(16)15(10)14-6/h5,14H,1-4H3. The van der Waals surface area contributed by atoms with Crippen molar-refractivity contribution in [3.8, 4) is 0 Å². The Morgan fingerprint density at radius 1 is 1.44 bits per heavy atom. The quantitative estimate of drug-likeness (QED) is 0.807. The highest BCUT2D eigenvalue weighted by molar-refractivity contribution is 9.10. The molecule has 0 fully saturated rings. The molecule has 2 rings (SSSR count). The highest BCUT2D eigenvalue weighted by Gasteiger charge is 2.19. The molecule has 0 atom stereocenters. The van der Waals surface area contributed by atoms with Crippen LogP contribution >= 0.6 is 15.9 Å². The smallest absolute Gasteiger partial charge is 0.272 e. The predicted molar refractivity (Wildman–Crippen MR) is 66.9 cm³/mol. The van der Waals surface area contributed by atoms with Gasteiger partial charge in [0.15, 0.2) is 5.65 Å². The number of nitrogens with one attached hydrogen (secondary N) is 1. The van der Waals surface area contributed by atoms with Gasteiger partial charge < -0.3 is 0 Å². The van der Waals surface area contributed by atoms with Gasteiger partial charge in [0.2, 0.25) is 0 Å². The number of H-pyrrole nitrogens is 1. The molecule has 0 spiro atoms. The Balaban J connectivity index is 2.86. The van der Waals surface area contributed by atoms with Crippen molar-refractivity contribution in [3.63, 3.8) is 0 Å². The monoisotopic (exact) mass is 283 g/mol. The zero-order valence-electron chi connectivity index (χ0n) is 9.76. The minimum Gasteiger partial charge on any atom is -0.293 e. The lowest BCUT2D eigenvalue weighted by Crippen LogP contribution is -2.22. The van der Waals surface area contributed by atoms with Crippen LogP contribution in [0.5, 0.6) is 0 Å². The topological polar surface area (TPSA) is 50.2 Å². The van der Waals surface area contributed by atoms with Crippen LogP contribution in [0.25, 0.3) is 5.65 Å². The summed E-state index contributed by atoms with van der Waals surface area (Å²) in [7, 11) is 0. The van der Waals surface area contributed by atoms with Gasteiger partial charge in [0, 0.05) is 17.2 Å². The van der Waals surface area contributed by atoms with Gasteiger partial charge in [-0.3, -0.25) is 9.89 Å². The van der Waals surface area contributed by atoms with E-state index in [1.165, 1.54) is 4.52 Å². The Hall–Kier alpha value is -1.10. The summed E-state index contributed by atoms with van der Waals surface area (Å²) in [5, 5.41) is 2.97. The minimum absolute atomic E-state index is 0.0799. The minimum atomic E-state index is -0.126. The number of fused-ring (bicyclic) bond motifs is 1. The summed E-state index contributed by atoms with van der Waals surface area (Å²) in [4.78, 5) is 16.4. The summed E-state index contributed by atoms with van der Waals surface area (Å²) >= 11 is 3.43. The van der Waals surface area contributed by atoms with Crippen molar-refractivity contribution < 1.29 is 0 Å². The Morgan fingerprint density at radius 2 is 2.06 bits per heavy atom. The second-order valence-electron chi connectivity index (χ2n) is 4.94. The molecule has 16 heavy (non-hydrogen) atoms. The third-order valence-electron chi connectivity index (χ3n) is 2.49. The van der Waals surface area contributed by atoms with Gasteiger partial charge in [-0.25, -0.2) is 9.50 Å². The van der Waals surface area contributed by atoms with Crippen LogP contribution in [0.2, 0.25) is 0 Å². The van der Waals surface area contributed by atoms with Crippen LogP contribution in [0.15, 0.2) is 15.3 Å². The third kappa shape index (κ3) is 1.69. The van der Waals surface area contributed by atoms with Crippen LogP contribution in [-0.2, 0) is 5.41 Å². The fraction of sp³-hybridized carbons (Fsp3) is 0.455. The van der Waals surface area contributed by atoms with E-state index in [0.29, 0.717) is 5.65 Å². The molecule has 0 bridgehead atoms. The highest BCUT2D eigenvalue weighted by Crippen LogP contribution is 2.23. The van der Waals surface area contributed by atoms with Crippen molar-refractivity contribution in [1.82, 2.24) is 14.6 Å². The van der Waals surface area contributed by atoms with Crippen molar-refractivity contribution in [2.45, 2.75) is 33.1 Å². The zero-order chi connectivity index (χ0) is 12.1. The average molecular weight is 284 g/mol. The Bertz CT molecular complexity index is 604. The maximum Gasteiger partial charge on any atom is 0.272 e. The summed E-state index contributed by atoms with van der Waals surface area (Å²) in [6.45, 7) is 8.02. The van der Waals surface area contributed by atoms with Crippen molar-refractivity contribution in [1.29, 1.82) is 0 Å². The van der Waals surface area contributed by atoms with E-state index >= 15 is 0 Å². The molecule has 2 aromatic heterocycles. The summed E-state index contributed by atoms with van der Waals surface area (Å²) in [5.41, 5.74) is 2.14. The van der Waals surface area contributed by atoms with Crippen molar-refractivity contribution in [2.24, 2.45) is 0 Å². The normalized spacial score (nSPS) is 12.3. The maximum absolute atomic E-state index is 11.9. The van der Waals surface area contributed by atoms with Gasteiger partial charge in [-0.1, -0.05) is 20.8 Å². The van der Waals surface area contributed by atoms with Crippen molar-refractivity contribution in [3.05, 3.63) is 32.3 Å². The highest BCUT2D eigenvalue weighted by atomic mass is 79.9. The molecule has 0 radical (unpaired) electrons. The van der Waals surface area contributed by atoms with Gasteiger partial charge in [-0.2, -0.15) is 0 Å². The first-order chi connectivity index (χ1) is 7.30.